The summed E-state index contributed by atoms with van der Waals surface area (Å²) in [6, 6.07) is 14.9. The lowest BCUT2D eigenvalue weighted by molar-refractivity contribution is 0.340. The Kier molecular flexibility index (Phi) is 6.81. The first-order valence-corrected chi connectivity index (χ1v) is 10.2. The first-order chi connectivity index (χ1) is 12.2. The second-order valence-corrected chi connectivity index (χ2v) is 8.79. The van der Waals surface area contributed by atoms with Crippen molar-refractivity contribution in [1.29, 1.82) is 0 Å². The Bertz CT molecular complexity index is 810. The van der Waals surface area contributed by atoms with Crippen LogP contribution in [0, 0.1) is 0 Å². The molecule has 2 aromatic rings. The molecule has 0 aliphatic rings. The zero-order valence-electron chi connectivity index (χ0n) is 15.9. The van der Waals surface area contributed by atoms with E-state index in [2.05, 4.69) is 10.0 Å². The lowest BCUT2D eigenvalue weighted by atomic mass is 10.1. The van der Waals surface area contributed by atoms with Crippen molar-refractivity contribution in [2.24, 2.45) is 0 Å². The molecule has 0 saturated carbocycles. The van der Waals surface area contributed by atoms with E-state index in [1.807, 2.05) is 64.1 Å². The summed E-state index contributed by atoms with van der Waals surface area (Å²) >= 11 is 0. The van der Waals surface area contributed by atoms with Crippen molar-refractivity contribution in [3.63, 3.8) is 0 Å². The number of sulfonamides is 1. The molecule has 0 aliphatic carbocycles. The average Bonchev–Trinajstić information content (AvgIpc) is 2.55. The maximum atomic E-state index is 12.6. The van der Waals surface area contributed by atoms with E-state index in [9.17, 15) is 8.42 Å². The van der Waals surface area contributed by atoms with Crippen LogP contribution in [0.2, 0.25) is 0 Å². The van der Waals surface area contributed by atoms with Gasteiger partial charge < -0.3 is 10.1 Å². The molecule has 6 heteroatoms. The van der Waals surface area contributed by atoms with Gasteiger partial charge in [0.25, 0.3) is 0 Å². The third-order valence-electron chi connectivity index (χ3n) is 3.58. The van der Waals surface area contributed by atoms with Gasteiger partial charge >= 0.3 is 0 Å². The molecule has 2 rings (SSSR count). The highest BCUT2D eigenvalue weighted by Crippen LogP contribution is 2.18. The Morgan fingerprint density at radius 2 is 1.62 bits per heavy atom. The minimum atomic E-state index is -3.56. The Morgan fingerprint density at radius 1 is 0.962 bits per heavy atom. The summed E-state index contributed by atoms with van der Waals surface area (Å²) in [5.41, 5.74) is 1.33. The van der Waals surface area contributed by atoms with E-state index < -0.39 is 15.6 Å². The fourth-order valence-electron chi connectivity index (χ4n) is 2.58. The van der Waals surface area contributed by atoms with Gasteiger partial charge in [0.2, 0.25) is 10.0 Å². The fraction of sp³-hybridized carbons (Fsp3) is 0.400. The van der Waals surface area contributed by atoms with Crippen LogP contribution in [-0.4, -0.2) is 20.6 Å². The van der Waals surface area contributed by atoms with Crippen molar-refractivity contribution in [2.45, 2.75) is 51.2 Å². The highest BCUT2D eigenvalue weighted by molar-refractivity contribution is 7.89. The van der Waals surface area contributed by atoms with Crippen LogP contribution in [0.4, 0.5) is 0 Å². The van der Waals surface area contributed by atoms with E-state index >= 15 is 0 Å². The maximum Gasteiger partial charge on any atom is 0.241 e. The molecule has 0 radical (unpaired) electrons. The standard InChI is InChI=1S/C20H28N2O3S/c1-5-25-18-12-10-16(11-13-18)14-21-15-17-8-6-7-9-19(17)26(23,24)22-20(2,3)4/h6-13,21-22H,5,14-15H2,1-4H3. The minimum absolute atomic E-state index is 0.314. The molecule has 2 N–H and O–H groups in total. The molecule has 0 unspecified atom stereocenters. The van der Waals surface area contributed by atoms with Crippen molar-refractivity contribution in [1.82, 2.24) is 10.0 Å². The SMILES string of the molecule is CCOc1ccc(CNCc2ccccc2S(=O)(=O)NC(C)(C)C)cc1. The number of nitrogens with one attached hydrogen (secondary N) is 2. The zero-order chi connectivity index (χ0) is 19.2. The predicted octanol–water partition coefficient (Wildman–Crippen LogP) is 3.45. The van der Waals surface area contributed by atoms with E-state index in [0.29, 0.717) is 24.6 Å². The maximum absolute atomic E-state index is 12.6. The van der Waals surface area contributed by atoms with Gasteiger partial charge in [0.1, 0.15) is 5.75 Å². The van der Waals surface area contributed by atoms with Crippen LogP contribution in [0.25, 0.3) is 0 Å². The minimum Gasteiger partial charge on any atom is -0.494 e. The van der Waals surface area contributed by atoms with Crippen LogP contribution in [-0.2, 0) is 23.1 Å². The second kappa shape index (κ2) is 8.66. The van der Waals surface area contributed by atoms with Crippen molar-refractivity contribution in [3.8, 4) is 5.75 Å². The second-order valence-electron chi connectivity index (χ2n) is 7.14. The number of hydrogen-bond acceptors (Lipinski definition) is 4. The van der Waals surface area contributed by atoms with Gasteiger partial charge in [-0.1, -0.05) is 30.3 Å². The number of benzene rings is 2. The molecular formula is C20H28N2O3S. The summed E-state index contributed by atoms with van der Waals surface area (Å²) in [6.45, 7) is 9.20. The molecule has 0 fully saturated rings. The molecule has 0 aliphatic heterocycles. The predicted molar refractivity (Wildman–Crippen MR) is 105 cm³/mol. The van der Waals surface area contributed by atoms with Crippen LogP contribution >= 0.6 is 0 Å². The summed E-state index contributed by atoms with van der Waals surface area (Å²) in [6.07, 6.45) is 0. The molecule has 0 atom stereocenters. The third kappa shape index (κ3) is 6.12. The topological polar surface area (TPSA) is 67.4 Å². The summed E-state index contributed by atoms with van der Waals surface area (Å²) in [5.74, 6) is 0.848. The molecule has 26 heavy (non-hydrogen) atoms. The van der Waals surface area contributed by atoms with Gasteiger partial charge in [0.05, 0.1) is 11.5 Å². The smallest absolute Gasteiger partial charge is 0.241 e. The number of hydrogen-bond donors (Lipinski definition) is 2. The number of rotatable bonds is 8. The van der Waals surface area contributed by atoms with Crippen molar-refractivity contribution in [3.05, 3.63) is 59.7 Å². The van der Waals surface area contributed by atoms with Crippen LogP contribution in [0.15, 0.2) is 53.4 Å². The molecule has 0 bridgehead atoms. The molecule has 0 heterocycles. The summed E-state index contributed by atoms with van der Waals surface area (Å²) in [5, 5.41) is 3.31. The highest BCUT2D eigenvalue weighted by atomic mass is 32.2. The Balaban J connectivity index is 2.04. The van der Waals surface area contributed by atoms with E-state index in [-0.39, 0.29) is 0 Å². The molecule has 5 nitrogen and oxygen atoms in total. The largest absolute Gasteiger partial charge is 0.494 e. The fourth-order valence-corrected chi connectivity index (χ4v) is 4.24. The van der Waals surface area contributed by atoms with Crippen LogP contribution in [0.5, 0.6) is 5.75 Å². The zero-order valence-corrected chi connectivity index (χ0v) is 16.7. The molecule has 142 valence electrons. The Labute approximate surface area is 156 Å². The lowest BCUT2D eigenvalue weighted by Crippen LogP contribution is -2.40. The number of ether oxygens (including phenoxy) is 1. The van der Waals surface area contributed by atoms with E-state index in [1.54, 1.807) is 12.1 Å². The van der Waals surface area contributed by atoms with Gasteiger partial charge in [-0.25, -0.2) is 13.1 Å². The van der Waals surface area contributed by atoms with Gasteiger partial charge in [-0.05, 0) is 57.0 Å². The normalized spacial score (nSPS) is 12.2. The van der Waals surface area contributed by atoms with Gasteiger partial charge in [-0.3, -0.25) is 0 Å². The van der Waals surface area contributed by atoms with E-state index in [1.165, 1.54) is 0 Å². The third-order valence-corrected chi connectivity index (χ3v) is 5.44. The van der Waals surface area contributed by atoms with E-state index in [0.717, 1.165) is 16.9 Å². The monoisotopic (exact) mass is 376 g/mol. The van der Waals surface area contributed by atoms with Gasteiger partial charge in [-0.15, -0.1) is 0 Å². The molecule has 0 amide bonds. The molecule has 0 aromatic heterocycles. The van der Waals surface area contributed by atoms with E-state index in [4.69, 9.17) is 4.74 Å². The van der Waals surface area contributed by atoms with Gasteiger partial charge in [0.15, 0.2) is 0 Å². The Morgan fingerprint density at radius 3 is 2.23 bits per heavy atom. The molecular weight excluding hydrogens is 348 g/mol. The molecule has 2 aromatic carbocycles. The van der Waals surface area contributed by atoms with Crippen LogP contribution in [0.3, 0.4) is 0 Å². The quantitative estimate of drug-likeness (QED) is 0.740. The van der Waals surface area contributed by atoms with Crippen molar-refractivity contribution < 1.29 is 13.2 Å². The first kappa shape index (κ1) is 20.4. The first-order valence-electron chi connectivity index (χ1n) is 8.75. The molecule has 0 saturated heterocycles. The summed E-state index contributed by atoms with van der Waals surface area (Å²) in [4.78, 5) is 0.314. The van der Waals surface area contributed by atoms with Gasteiger partial charge in [-0.2, -0.15) is 0 Å². The van der Waals surface area contributed by atoms with Crippen molar-refractivity contribution >= 4 is 10.0 Å². The highest BCUT2D eigenvalue weighted by Gasteiger charge is 2.23. The Hall–Kier alpha value is -1.89. The van der Waals surface area contributed by atoms with Crippen LogP contribution < -0.4 is 14.8 Å². The van der Waals surface area contributed by atoms with Crippen LogP contribution in [0.1, 0.15) is 38.8 Å². The van der Waals surface area contributed by atoms with Gasteiger partial charge in [0, 0.05) is 18.6 Å². The lowest BCUT2D eigenvalue weighted by Gasteiger charge is -2.21. The average molecular weight is 377 g/mol. The summed E-state index contributed by atoms with van der Waals surface area (Å²) in [7, 11) is -3.56. The molecule has 0 spiro atoms. The summed E-state index contributed by atoms with van der Waals surface area (Å²) < 4.78 is 33.4. The van der Waals surface area contributed by atoms with Crippen molar-refractivity contribution in [2.75, 3.05) is 6.61 Å².